The van der Waals surface area contributed by atoms with Gasteiger partial charge in [0.05, 0.1) is 11.7 Å². The van der Waals surface area contributed by atoms with E-state index in [-0.39, 0.29) is 5.41 Å². The molecule has 4 unspecified atom stereocenters. The lowest BCUT2D eigenvalue weighted by molar-refractivity contribution is -0.261. The molecule has 1 aliphatic heterocycles. The third-order valence-electron chi connectivity index (χ3n) is 5.75. The van der Waals surface area contributed by atoms with Gasteiger partial charge in [-0.1, -0.05) is 81.4 Å². The van der Waals surface area contributed by atoms with Crippen molar-refractivity contribution in [3.63, 3.8) is 0 Å². The molecule has 0 spiro atoms. The van der Waals surface area contributed by atoms with Crippen LogP contribution in [-0.2, 0) is 19.0 Å². The van der Waals surface area contributed by atoms with Crippen LogP contribution in [0.1, 0.15) is 49.7 Å². The Labute approximate surface area is 188 Å². The van der Waals surface area contributed by atoms with E-state index in [4.69, 9.17) is 14.2 Å². The number of esters is 2. The van der Waals surface area contributed by atoms with Crippen molar-refractivity contribution in [3.05, 3.63) is 83.9 Å². The number of hydrogen-bond donors (Lipinski definition) is 0. The van der Waals surface area contributed by atoms with Crippen molar-refractivity contribution >= 4 is 22.7 Å². The highest BCUT2D eigenvalue weighted by molar-refractivity contribution is 5.91. The number of carbonyl (C=O) groups excluding carboxylic acids is 2. The molecule has 0 radical (unpaired) electrons. The first-order chi connectivity index (χ1) is 15.3. The Morgan fingerprint density at radius 2 is 1.59 bits per heavy atom. The minimum Gasteiger partial charge on any atom is -0.453 e. The number of ether oxygens (including phenoxy) is 3. The number of fused-ring (bicyclic) bond motifs is 1. The van der Waals surface area contributed by atoms with Crippen LogP contribution < -0.4 is 0 Å². The lowest BCUT2D eigenvalue weighted by Gasteiger charge is -2.41. The molecule has 1 fully saturated rings. The van der Waals surface area contributed by atoms with E-state index < -0.39 is 36.4 Å². The molecule has 3 aromatic carbocycles. The van der Waals surface area contributed by atoms with Crippen molar-refractivity contribution in [1.29, 1.82) is 0 Å². The number of rotatable bonds is 4. The molecule has 5 nitrogen and oxygen atoms in total. The van der Waals surface area contributed by atoms with Gasteiger partial charge in [0.2, 0.25) is 6.29 Å². The summed E-state index contributed by atoms with van der Waals surface area (Å²) in [4.78, 5) is 26.3. The van der Waals surface area contributed by atoms with E-state index >= 15 is 0 Å². The average molecular weight is 433 g/mol. The number of hydrogen-bond acceptors (Lipinski definition) is 5. The Balaban J connectivity index is 1.76. The maximum absolute atomic E-state index is 13.2. The van der Waals surface area contributed by atoms with E-state index in [1.165, 1.54) is 0 Å². The molecule has 0 saturated carbocycles. The predicted octanol–water partition coefficient (Wildman–Crippen LogP) is 5.69. The van der Waals surface area contributed by atoms with Crippen molar-refractivity contribution in [1.82, 2.24) is 0 Å². The molecule has 166 valence electrons. The van der Waals surface area contributed by atoms with E-state index in [9.17, 15) is 9.59 Å². The van der Waals surface area contributed by atoms with Gasteiger partial charge in [0.15, 0.2) is 0 Å². The first-order valence-corrected chi connectivity index (χ1v) is 10.9. The summed E-state index contributed by atoms with van der Waals surface area (Å²) < 4.78 is 17.8. The highest BCUT2D eigenvalue weighted by Gasteiger charge is 2.47. The molecule has 0 N–H and O–H groups in total. The van der Waals surface area contributed by atoms with E-state index in [1.807, 2.05) is 76.2 Å². The second-order valence-electron chi connectivity index (χ2n) is 9.26. The van der Waals surface area contributed by atoms with Crippen LogP contribution in [0.3, 0.4) is 0 Å². The van der Waals surface area contributed by atoms with Crippen molar-refractivity contribution in [2.45, 2.75) is 46.2 Å². The van der Waals surface area contributed by atoms with Gasteiger partial charge in [0.25, 0.3) is 0 Å². The number of benzene rings is 3. The summed E-state index contributed by atoms with van der Waals surface area (Å²) in [6.07, 6.45) is -2.04. The summed E-state index contributed by atoms with van der Waals surface area (Å²) in [6, 6.07) is 22.4. The van der Waals surface area contributed by atoms with Crippen molar-refractivity contribution in [2.75, 3.05) is 0 Å². The summed E-state index contributed by atoms with van der Waals surface area (Å²) in [6.45, 7) is 7.69. The monoisotopic (exact) mass is 432 g/mol. The fourth-order valence-electron chi connectivity index (χ4n) is 4.02. The first kappa shape index (κ1) is 22.0. The molecule has 1 aliphatic rings. The quantitative estimate of drug-likeness (QED) is 0.496. The fraction of sp³-hybridized carbons (Fsp3) is 0.333. The molecule has 0 aliphatic carbocycles. The summed E-state index contributed by atoms with van der Waals surface area (Å²) in [7, 11) is 0. The molecule has 32 heavy (non-hydrogen) atoms. The normalized spacial score (nSPS) is 22.2. The predicted molar refractivity (Wildman–Crippen MR) is 122 cm³/mol. The Morgan fingerprint density at radius 1 is 0.938 bits per heavy atom. The summed E-state index contributed by atoms with van der Waals surface area (Å²) in [5, 5.41) is 1.91. The Bertz CT molecular complexity index is 1110. The summed E-state index contributed by atoms with van der Waals surface area (Å²) in [5.74, 6) is -1.73. The molecule has 4 atom stereocenters. The first-order valence-electron chi connectivity index (χ1n) is 10.9. The van der Waals surface area contributed by atoms with Crippen molar-refractivity contribution < 1.29 is 23.8 Å². The van der Waals surface area contributed by atoms with Crippen LogP contribution in [0, 0.1) is 11.3 Å². The lowest BCUT2D eigenvalue weighted by Crippen LogP contribution is -2.49. The Kier molecular flexibility index (Phi) is 6.02. The van der Waals surface area contributed by atoms with Crippen molar-refractivity contribution in [3.8, 4) is 0 Å². The molecular formula is C27H28O5. The molecule has 1 saturated heterocycles. The lowest BCUT2D eigenvalue weighted by atomic mass is 9.86. The SMILES string of the molecule is CC1OC(C(C)(C)C)OC(=O)C1C(OC(=O)c1ccccc1)c1cccc2ccccc12. The number of carbonyl (C=O) groups is 2. The maximum atomic E-state index is 13.2. The zero-order valence-corrected chi connectivity index (χ0v) is 18.8. The second-order valence-corrected chi connectivity index (χ2v) is 9.26. The Hall–Kier alpha value is -3.18. The molecule has 4 rings (SSSR count). The summed E-state index contributed by atoms with van der Waals surface area (Å²) >= 11 is 0. The highest BCUT2D eigenvalue weighted by atomic mass is 16.7. The third kappa shape index (κ3) is 4.39. The molecule has 5 heteroatoms. The van der Waals surface area contributed by atoms with Gasteiger partial charge < -0.3 is 14.2 Å². The molecule has 1 heterocycles. The minimum absolute atomic E-state index is 0.370. The molecule has 0 bridgehead atoms. The standard InChI is InChI=1S/C27H28O5/c1-17-22(25(29)32-26(30-17)27(2,3)4)23(31-24(28)19-12-6-5-7-13-19)21-16-10-14-18-11-8-9-15-20(18)21/h5-17,22-23,26H,1-4H3. The van der Waals surface area contributed by atoms with Crippen LogP contribution >= 0.6 is 0 Å². The smallest absolute Gasteiger partial charge is 0.338 e. The van der Waals surface area contributed by atoms with Gasteiger partial charge in [-0.3, -0.25) is 4.79 Å². The average Bonchev–Trinajstić information content (AvgIpc) is 2.77. The van der Waals surface area contributed by atoms with Gasteiger partial charge in [-0.25, -0.2) is 4.79 Å². The van der Waals surface area contributed by atoms with E-state index in [0.29, 0.717) is 5.56 Å². The van der Waals surface area contributed by atoms with Gasteiger partial charge in [0.1, 0.15) is 12.0 Å². The van der Waals surface area contributed by atoms with Gasteiger partial charge in [-0.05, 0) is 29.8 Å². The van der Waals surface area contributed by atoms with Crippen LogP contribution in [-0.4, -0.2) is 24.3 Å². The van der Waals surface area contributed by atoms with Crippen LogP contribution in [0.15, 0.2) is 72.8 Å². The van der Waals surface area contributed by atoms with Crippen LogP contribution in [0.4, 0.5) is 0 Å². The van der Waals surface area contributed by atoms with E-state index in [1.54, 1.807) is 24.3 Å². The summed E-state index contributed by atoms with van der Waals surface area (Å²) in [5.41, 5.74) is 0.798. The maximum Gasteiger partial charge on any atom is 0.338 e. The minimum atomic E-state index is -0.864. The topological polar surface area (TPSA) is 61.8 Å². The van der Waals surface area contributed by atoms with Gasteiger partial charge in [0, 0.05) is 11.0 Å². The third-order valence-corrected chi connectivity index (χ3v) is 5.75. The molecule has 0 amide bonds. The van der Waals surface area contributed by atoms with E-state index in [2.05, 4.69) is 0 Å². The zero-order valence-electron chi connectivity index (χ0n) is 18.8. The Morgan fingerprint density at radius 3 is 2.28 bits per heavy atom. The molecule has 3 aromatic rings. The van der Waals surface area contributed by atoms with Crippen LogP contribution in [0.5, 0.6) is 0 Å². The van der Waals surface area contributed by atoms with Crippen LogP contribution in [0.2, 0.25) is 0 Å². The van der Waals surface area contributed by atoms with E-state index in [0.717, 1.165) is 16.3 Å². The largest absolute Gasteiger partial charge is 0.453 e. The second kappa shape index (κ2) is 8.75. The zero-order chi connectivity index (χ0) is 22.9. The molecular weight excluding hydrogens is 404 g/mol. The highest BCUT2D eigenvalue weighted by Crippen LogP contribution is 2.40. The van der Waals surface area contributed by atoms with Gasteiger partial charge in [-0.2, -0.15) is 0 Å². The molecule has 0 aromatic heterocycles. The van der Waals surface area contributed by atoms with Crippen LogP contribution in [0.25, 0.3) is 10.8 Å². The van der Waals surface area contributed by atoms with Gasteiger partial charge in [-0.15, -0.1) is 0 Å². The fourth-order valence-corrected chi connectivity index (χ4v) is 4.02. The van der Waals surface area contributed by atoms with Crippen molar-refractivity contribution in [2.24, 2.45) is 11.3 Å². The van der Waals surface area contributed by atoms with Gasteiger partial charge >= 0.3 is 11.9 Å². The number of cyclic esters (lactones) is 1.